The van der Waals surface area contributed by atoms with Gasteiger partial charge in [-0.1, -0.05) is 35.0 Å². The number of fused-ring (bicyclic) bond motifs is 1. The van der Waals surface area contributed by atoms with Crippen molar-refractivity contribution in [1.29, 1.82) is 0 Å². The monoisotopic (exact) mass is 384 g/mol. The van der Waals surface area contributed by atoms with E-state index < -0.39 is 0 Å². The molecule has 7 nitrogen and oxygen atoms in total. The van der Waals surface area contributed by atoms with E-state index in [4.69, 9.17) is 11.6 Å². The Morgan fingerprint density at radius 3 is 2.70 bits per heavy atom. The first kappa shape index (κ1) is 17.2. The normalized spacial score (nSPS) is 11.0. The van der Waals surface area contributed by atoms with E-state index in [-0.39, 0.29) is 23.4 Å². The number of aromatic nitrogens is 5. The van der Waals surface area contributed by atoms with Crippen LogP contribution >= 0.6 is 11.6 Å². The molecular formula is C18H14ClFN6O. The first-order valence-electron chi connectivity index (χ1n) is 8.15. The number of nitrogens with zero attached hydrogens (tertiary/aromatic N) is 4. The summed E-state index contributed by atoms with van der Waals surface area (Å²) in [4.78, 5) is 19.4. The smallest absolute Gasteiger partial charge is 0.281 e. The Hall–Kier alpha value is -3.26. The number of halogens is 2. The molecule has 0 radical (unpaired) electrons. The Labute approximate surface area is 157 Å². The first-order chi connectivity index (χ1) is 13.1. The van der Waals surface area contributed by atoms with E-state index >= 15 is 0 Å². The maximum atomic E-state index is 13.0. The molecule has 0 fully saturated rings. The molecular weight excluding hydrogens is 371 g/mol. The molecule has 2 N–H and O–H groups in total. The molecule has 2 aromatic carbocycles. The highest BCUT2D eigenvalue weighted by atomic mass is 35.5. The molecule has 4 rings (SSSR count). The fraction of sp³-hybridized carbons (Fsp3) is 0.111. The molecule has 0 bridgehead atoms. The molecule has 0 saturated carbocycles. The predicted octanol–water partition coefficient (Wildman–Crippen LogP) is 2.97. The first-order valence-corrected chi connectivity index (χ1v) is 8.53. The average Bonchev–Trinajstić information content (AvgIpc) is 3.07. The largest absolute Gasteiger partial charge is 0.378 e. The van der Waals surface area contributed by atoms with Crippen LogP contribution in [0, 0.1) is 5.82 Å². The molecule has 0 unspecified atom stereocenters. The van der Waals surface area contributed by atoms with Gasteiger partial charge in [0.25, 0.3) is 5.56 Å². The quantitative estimate of drug-likeness (QED) is 0.552. The second kappa shape index (κ2) is 7.16. The van der Waals surface area contributed by atoms with Gasteiger partial charge in [-0.15, -0.1) is 5.10 Å². The van der Waals surface area contributed by atoms with E-state index in [2.05, 4.69) is 25.6 Å². The summed E-state index contributed by atoms with van der Waals surface area (Å²) in [6, 6.07) is 13.3. The standard InChI is InChI=1S/C18H14ClFN6O/c19-14-4-2-1-3-11(14)10-26-17-16(24-25-26)18(27)23-15(22-17)9-21-13-7-5-12(20)6-8-13/h1-8,21H,9-10H2,(H,22,23,27). The summed E-state index contributed by atoms with van der Waals surface area (Å²) in [5.74, 6) is 0.0996. The summed E-state index contributed by atoms with van der Waals surface area (Å²) >= 11 is 6.20. The van der Waals surface area contributed by atoms with E-state index in [9.17, 15) is 9.18 Å². The van der Waals surface area contributed by atoms with Gasteiger partial charge < -0.3 is 10.3 Å². The fourth-order valence-corrected chi connectivity index (χ4v) is 2.84. The van der Waals surface area contributed by atoms with Gasteiger partial charge in [-0.05, 0) is 35.9 Å². The van der Waals surface area contributed by atoms with Gasteiger partial charge in [0.05, 0.1) is 13.1 Å². The molecule has 0 spiro atoms. The van der Waals surface area contributed by atoms with Crippen LogP contribution in [0.15, 0.2) is 53.3 Å². The number of H-pyrrole nitrogens is 1. The summed E-state index contributed by atoms with van der Waals surface area (Å²) in [6.07, 6.45) is 0. The molecule has 0 amide bonds. The number of aromatic amines is 1. The molecule has 0 aliphatic rings. The SMILES string of the molecule is O=c1[nH]c(CNc2ccc(F)cc2)nc2c1nnn2Cc1ccccc1Cl. The zero-order valence-corrected chi connectivity index (χ0v) is 14.7. The van der Waals surface area contributed by atoms with Gasteiger partial charge in [-0.2, -0.15) is 0 Å². The van der Waals surface area contributed by atoms with Crippen LogP contribution in [0.25, 0.3) is 11.2 Å². The van der Waals surface area contributed by atoms with E-state index in [1.807, 2.05) is 18.2 Å². The minimum Gasteiger partial charge on any atom is -0.378 e. The van der Waals surface area contributed by atoms with Crippen molar-refractivity contribution < 1.29 is 4.39 Å². The number of hydrogen-bond donors (Lipinski definition) is 2. The van der Waals surface area contributed by atoms with Crippen molar-refractivity contribution in [2.45, 2.75) is 13.1 Å². The van der Waals surface area contributed by atoms with Crippen LogP contribution in [0.1, 0.15) is 11.4 Å². The van der Waals surface area contributed by atoms with Crippen molar-refractivity contribution in [3.8, 4) is 0 Å². The molecule has 0 atom stereocenters. The maximum absolute atomic E-state index is 13.0. The summed E-state index contributed by atoms with van der Waals surface area (Å²) < 4.78 is 14.5. The molecule has 0 saturated heterocycles. The van der Waals surface area contributed by atoms with Crippen molar-refractivity contribution >= 4 is 28.5 Å². The Morgan fingerprint density at radius 1 is 1.15 bits per heavy atom. The van der Waals surface area contributed by atoms with Gasteiger partial charge in [-0.3, -0.25) is 4.79 Å². The van der Waals surface area contributed by atoms with Crippen molar-refractivity contribution in [2.75, 3.05) is 5.32 Å². The fourth-order valence-electron chi connectivity index (χ4n) is 2.64. The number of benzene rings is 2. The van der Waals surface area contributed by atoms with Crippen molar-refractivity contribution in [3.63, 3.8) is 0 Å². The van der Waals surface area contributed by atoms with Gasteiger partial charge in [0, 0.05) is 10.7 Å². The molecule has 0 aliphatic carbocycles. The molecule has 9 heteroatoms. The topological polar surface area (TPSA) is 88.5 Å². The van der Waals surface area contributed by atoms with Gasteiger partial charge in [0.1, 0.15) is 11.6 Å². The minimum absolute atomic E-state index is 0.160. The third kappa shape index (κ3) is 3.65. The Balaban J connectivity index is 1.62. The predicted molar refractivity (Wildman–Crippen MR) is 100 cm³/mol. The molecule has 136 valence electrons. The highest BCUT2D eigenvalue weighted by Crippen LogP contribution is 2.17. The Kier molecular flexibility index (Phi) is 4.55. The lowest BCUT2D eigenvalue weighted by Gasteiger charge is -2.07. The number of anilines is 1. The van der Waals surface area contributed by atoms with Gasteiger partial charge >= 0.3 is 0 Å². The zero-order chi connectivity index (χ0) is 18.8. The van der Waals surface area contributed by atoms with Crippen LogP contribution in [0.4, 0.5) is 10.1 Å². The van der Waals surface area contributed by atoms with E-state index in [1.165, 1.54) is 16.8 Å². The minimum atomic E-state index is -0.374. The third-order valence-electron chi connectivity index (χ3n) is 4.00. The lowest BCUT2D eigenvalue weighted by molar-refractivity contribution is 0.628. The molecule has 0 aliphatic heterocycles. The number of nitrogens with one attached hydrogen (secondary N) is 2. The molecule has 2 heterocycles. The average molecular weight is 385 g/mol. The summed E-state index contributed by atoms with van der Waals surface area (Å²) in [5, 5.41) is 11.6. The van der Waals surface area contributed by atoms with Crippen LogP contribution < -0.4 is 10.9 Å². The van der Waals surface area contributed by atoms with E-state index in [0.717, 1.165) is 5.56 Å². The summed E-state index contributed by atoms with van der Waals surface area (Å²) in [6.45, 7) is 0.603. The van der Waals surface area contributed by atoms with Crippen molar-refractivity contribution in [1.82, 2.24) is 25.0 Å². The van der Waals surface area contributed by atoms with Gasteiger partial charge in [0.15, 0.2) is 11.2 Å². The van der Waals surface area contributed by atoms with Crippen LogP contribution in [0.2, 0.25) is 5.02 Å². The van der Waals surface area contributed by atoms with Gasteiger partial charge in [0.2, 0.25) is 0 Å². The second-order valence-corrected chi connectivity index (χ2v) is 6.29. The Morgan fingerprint density at radius 2 is 1.93 bits per heavy atom. The van der Waals surface area contributed by atoms with E-state index in [0.29, 0.717) is 28.7 Å². The van der Waals surface area contributed by atoms with Crippen LogP contribution in [-0.4, -0.2) is 25.0 Å². The Bertz CT molecular complexity index is 1150. The third-order valence-corrected chi connectivity index (χ3v) is 4.37. The van der Waals surface area contributed by atoms with Gasteiger partial charge in [-0.25, -0.2) is 14.1 Å². The summed E-state index contributed by atoms with van der Waals surface area (Å²) in [5.41, 5.74) is 1.71. The van der Waals surface area contributed by atoms with Crippen LogP contribution in [0.3, 0.4) is 0 Å². The lowest BCUT2D eigenvalue weighted by Crippen LogP contribution is -2.15. The lowest BCUT2D eigenvalue weighted by atomic mass is 10.2. The van der Waals surface area contributed by atoms with Crippen LogP contribution in [-0.2, 0) is 13.1 Å². The number of rotatable bonds is 5. The molecule has 2 aromatic heterocycles. The zero-order valence-electron chi connectivity index (χ0n) is 14.0. The second-order valence-electron chi connectivity index (χ2n) is 5.88. The maximum Gasteiger partial charge on any atom is 0.281 e. The van der Waals surface area contributed by atoms with Crippen molar-refractivity contribution in [2.24, 2.45) is 0 Å². The highest BCUT2D eigenvalue weighted by Gasteiger charge is 2.13. The summed E-state index contributed by atoms with van der Waals surface area (Å²) in [7, 11) is 0. The molecule has 4 aromatic rings. The molecule has 27 heavy (non-hydrogen) atoms. The van der Waals surface area contributed by atoms with Crippen LogP contribution in [0.5, 0.6) is 0 Å². The number of hydrogen-bond acceptors (Lipinski definition) is 5. The van der Waals surface area contributed by atoms with Crippen molar-refractivity contribution in [3.05, 3.63) is 81.1 Å². The van der Waals surface area contributed by atoms with E-state index in [1.54, 1.807) is 18.2 Å². The highest BCUT2D eigenvalue weighted by molar-refractivity contribution is 6.31.